The van der Waals surface area contributed by atoms with E-state index in [1.807, 2.05) is 29.2 Å². The first-order valence-corrected chi connectivity index (χ1v) is 10.0. The molecular weight excluding hydrogens is 364 g/mol. The summed E-state index contributed by atoms with van der Waals surface area (Å²) in [5, 5.41) is 8.38. The molecule has 1 saturated heterocycles. The quantitative estimate of drug-likeness (QED) is 0.564. The number of imidazole rings is 1. The van der Waals surface area contributed by atoms with Crippen LogP contribution in [-0.2, 0) is 13.1 Å². The van der Waals surface area contributed by atoms with Crippen LogP contribution in [0.5, 0.6) is 0 Å². The van der Waals surface area contributed by atoms with Crippen molar-refractivity contribution in [3.8, 4) is 11.3 Å². The van der Waals surface area contributed by atoms with Crippen molar-refractivity contribution in [3.05, 3.63) is 66.4 Å². The Morgan fingerprint density at radius 3 is 2.66 bits per heavy atom. The topological polar surface area (TPSA) is 90.2 Å². The number of benzene rings is 1. The zero-order valence-corrected chi connectivity index (χ0v) is 16.2. The monoisotopic (exact) mass is 388 g/mol. The molecule has 4 aromatic rings. The standard InChI is InChI=1S/C21H24N8/c22-13-17-14-29(26-25-17)18-7-11-27(12-8-18)15-19-20(16-5-2-1-3-6-16)24-21-23-9-4-10-28(19)21/h1-6,9-10,14,18H,7-8,11-13,15,22H2. The lowest BCUT2D eigenvalue weighted by Gasteiger charge is -2.31. The van der Waals surface area contributed by atoms with Crippen LogP contribution < -0.4 is 5.73 Å². The average molecular weight is 388 g/mol. The maximum atomic E-state index is 5.66. The summed E-state index contributed by atoms with van der Waals surface area (Å²) in [5.74, 6) is 0.744. The van der Waals surface area contributed by atoms with Crippen molar-refractivity contribution < 1.29 is 0 Å². The fraction of sp³-hybridized carbons (Fsp3) is 0.333. The largest absolute Gasteiger partial charge is 0.325 e. The van der Waals surface area contributed by atoms with Gasteiger partial charge in [-0.25, -0.2) is 14.6 Å². The van der Waals surface area contributed by atoms with Crippen LogP contribution in [-0.4, -0.2) is 47.4 Å². The lowest BCUT2D eigenvalue weighted by Crippen LogP contribution is -2.34. The van der Waals surface area contributed by atoms with Gasteiger partial charge in [0.15, 0.2) is 0 Å². The predicted molar refractivity (Wildman–Crippen MR) is 110 cm³/mol. The van der Waals surface area contributed by atoms with Gasteiger partial charge in [0.2, 0.25) is 5.78 Å². The average Bonchev–Trinajstić information content (AvgIpc) is 3.40. The maximum Gasteiger partial charge on any atom is 0.234 e. The second-order valence-electron chi connectivity index (χ2n) is 7.46. The Kier molecular flexibility index (Phi) is 4.79. The lowest BCUT2D eigenvalue weighted by atomic mass is 10.0. The van der Waals surface area contributed by atoms with Crippen molar-refractivity contribution in [3.63, 3.8) is 0 Å². The van der Waals surface area contributed by atoms with Crippen LogP contribution in [0.15, 0.2) is 55.0 Å². The number of piperidine rings is 1. The van der Waals surface area contributed by atoms with E-state index in [9.17, 15) is 0 Å². The summed E-state index contributed by atoms with van der Waals surface area (Å²) in [6.45, 7) is 3.28. The molecule has 148 valence electrons. The summed E-state index contributed by atoms with van der Waals surface area (Å²) >= 11 is 0. The number of likely N-dealkylation sites (tertiary alicyclic amines) is 1. The molecule has 8 nitrogen and oxygen atoms in total. The number of hydrogen-bond acceptors (Lipinski definition) is 6. The third-order valence-corrected chi connectivity index (χ3v) is 5.62. The van der Waals surface area contributed by atoms with E-state index in [-0.39, 0.29) is 0 Å². The smallest absolute Gasteiger partial charge is 0.234 e. The van der Waals surface area contributed by atoms with Crippen molar-refractivity contribution in [1.82, 2.24) is 34.3 Å². The van der Waals surface area contributed by atoms with Gasteiger partial charge in [0.05, 0.1) is 29.3 Å². The normalized spacial score (nSPS) is 15.9. The van der Waals surface area contributed by atoms with Gasteiger partial charge < -0.3 is 5.73 Å². The molecule has 4 heterocycles. The Bertz CT molecular complexity index is 1090. The molecule has 2 N–H and O–H groups in total. The minimum atomic E-state index is 0.386. The molecule has 0 amide bonds. The number of rotatable bonds is 5. The summed E-state index contributed by atoms with van der Waals surface area (Å²) in [6, 6.07) is 12.7. The third-order valence-electron chi connectivity index (χ3n) is 5.62. The highest BCUT2D eigenvalue weighted by Crippen LogP contribution is 2.28. The molecule has 0 spiro atoms. The first kappa shape index (κ1) is 18.0. The van der Waals surface area contributed by atoms with E-state index in [4.69, 9.17) is 10.7 Å². The molecule has 8 heteroatoms. The number of nitrogens with zero attached hydrogens (tertiary/aromatic N) is 7. The summed E-state index contributed by atoms with van der Waals surface area (Å²) in [6.07, 6.45) is 7.91. The van der Waals surface area contributed by atoms with E-state index < -0.39 is 0 Å². The maximum absolute atomic E-state index is 5.66. The van der Waals surface area contributed by atoms with Gasteiger partial charge in [-0.05, 0) is 18.9 Å². The van der Waals surface area contributed by atoms with Crippen molar-refractivity contribution >= 4 is 5.78 Å². The molecule has 1 aromatic carbocycles. The van der Waals surface area contributed by atoms with Crippen molar-refractivity contribution in [2.45, 2.75) is 32.0 Å². The Morgan fingerprint density at radius 1 is 1.07 bits per heavy atom. The van der Waals surface area contributed by atoms with E-state index in [2.05, 4.69) is 48.9 Å². The third kappa shape index (κ3) is 3.52. The summed E-state index contributed by atoms with van der Waals surface area (Å²) in [4.78, 5) is 11.7. The Balaban J connectivity index is 1.37. The minimum absolute atomic E-state index is 0.386. The molecule has 0 saturated carbocycles. The number of fused-ring (bicyclic) bond motifs is 1. The molecule has 0 unspecified atom stereocenters. The molecule has 0 atom stereocenters. The fourth-order valence-electron chi connectivity index (χ4n) is 4.05. The number of aromatic nitrogens is 6. The Hall–Kier alpha value is -3.10. The Labute approximate surface area is 169 Å². The molecular formula is C21H24N8. The van der Waals surface area contributed by atoms with Crippen LogP contribution in [0.4, 0.5) is 0 Å². The summed E-state index contributed by atoms with van der Waals surface area (Å²) < 4.78 is 4.09. The summed E-state index contributed by atoms with van der Waals surface area (Å²) in [5.41, 5.74) is 9.82. The second kappa shape index (κ2) is 7.73. The predicted octanol–water partition coefficient (Wildman–Crippen LogP) is 2.28. The molecule has 0 radical (unpaired) electrons. The van der Waals surface area contributed by atoms with Gasteiger partial charge >= 0.3 is 0 Å². The lowest BCUT2D eigenvalue weighted by molar-refractivity contribution is 0.170. The molecule has 1 aliphatic heterocycles. The van der Waals surface area contributed by atoms with Crippen LogP contribution in [0.2, 0.25) is 0 Å². The van der Waals surface area contributed by atoms with Crippen LogP contribution in [0.3, 0.4) is 0 Å². The second-order valence-corrected chi connectivity index (χ2v) is 7.46. The molecule has 29 heavy (non-hydrogen) atoms. The highest BCUT2D eigenvalue weighted by molar-refractivity contribution is 5.65. The molecule has 0 aliphatic carbocycles. The van der Waals surface area contributed by atoms with Gasteiger partial charge in [0, 0.05) is 44.1 Å². The molecule has 1 fully saturated rings. The van der Waals surface area contributed by atoms with Gasteiger partial charge in [-0.1, -0.05) is 35.5 Å². The van der Waals surface area contributed by atoms with Crippen LogP contribution in [0, 0.1) is 0 Å². The highest BCUT2D eigenvalue weighted by atomic mass is 15.4. The van der Waals surface area contributed by atoms with Crippen LogP contribution in [0.25, 0.3) is 17.0 Å². The highest BCUT2D eigenvalue weighted by Gasteiger charge is 2.24. The van der Waals surface area contributed by atoms with Crippen molar-refractivity contribution in [2.75, 3.05) is 13.1 Å². The van der Waals surface area contributed by atoms with Gasteiger partial charge in [0.25, 0.3) is 0 Å². The zero-order valence-electron chi connectivity index (χ0n) is 16.2. The van der Waals surface area contributed by atoms with Gasteiger partial charge in [-0.15, -0.1) is 5.10 Å². The van der Waals surface area contributed by atoms with Crippen molar-refractivity contribution in [2.24, 2.45) is 5.73 Å². The number of nitrogens with two attached hydrogens (primary N) is 1. The van der Waals surface area contributed by atoms with Crippen molar-refractivity contribution in [1.29, 1.82) is 0 Å². The van der Waals surface area contributed by atoms with Gasteiger partial charge in [0.1, 0.15) is 0 Å². The summed E-state index contributed by atoms with van der Waals surface area (Å²) in [7, 11) is 0. The number of hydrogen-bond donors (Lipinski definition) is 1. The van der Waals surface area contributed by atoms with Crippen LogP contribution >= 0.6 is 0 Å². The van der Waals surface area contributed by atoms with E-state index in [1.54, 1.807) is 6.20 Å². The van der Waals surface area contributed by atoms with Gasteiger partial charge in [-0.2, -0.15) is 0 Å². The van der Waals surface area contributed by atoms with E-state index in [0.29, 0.717) is 12.6 Å². The van der Waals surface area contributed by atoms with E-state index in [0.717, 1.165) is 55.2 Å². The molecule has 0 bridgehead atoms. The van der Waals surface area contributed by atoms with Crippen LogP contribution in [0.1, 0.15) is 30.3 Å². The molecule has 5 rings (SSSR count). The fourth-order valence-corrected chi connectivity index (χ4v) is 4.05. The first-order valence-electron chi connectivity index (χ1n) is 10.0. The zero-order chi connectivity index (χ0) is 19.6. The molecule has 3 aromatic heterocycles. The first-order chi connectivity index (χ1) is 14.3. The SMILES string of the molecule is NCc1cn(C2CCN(Cc3c(-c4ccccc4)nc4ncccn34)CC2)nn1. The van der Waals surface area contributed by atoms with Gasteiger partial charge in [-0.3, -0.25) is 9.30 Å². The molecule has 1 aliphatic rings. The van der Waals surface area contributed by atoms with E-state index >= 15 is 0 Å². The minimum Gasteiger partial charge on any atom is -0.325 e. The Morgan fingerprint density at radius 2 is 1.90 bits per heavy atom. The van der Waals surface area contributed by atoms with E-state index in [1.165, 1.54) is 5.69 Å².